The maximum absolute atomic E-state index is 12.6. The molecule has 0 radical (unpaired) electrons. The lowest BCUT2D eigenvalue weighted by atomic mass is 9.93. The van der Waals surface area contributed by atoms with Gasteiger partial charge < -0.3 is 25.6 Å². The summed E-state index contributed by atoms with van der Waals surface area (Å²) >= 11 is 5.95. The van der Waals surface area contributed by atoms with Crippen LogP contribution < -0.4 is 16.0 Å². The second-order valence-corrected chi connectivity index (χ2v) is 10.8. The molecule has 5 rings (SSSR count). The Morgan fingerprint density at radius 3 is 2.56 bits per heavy atom. The topological polar surface area (TPSA) is 117 Å². The van der Waals surface area contributed by atoms with Gasteiger partial charge in [0, 0.05) is 34.9 Å². The lowest BCUT2D eigenvalue weighted by Crippen LogP contribution is -2.29. The molecule has 1 saturated carbocycles. The van der Waals surface area contributed by atoms with Gasteiger partial charge in [0.25, 0.3) is 0 Å². The Morgan fingerprint density at radius 2 is 1.82 bits per heavy atom. The van der Waals surface area contributed by atoms with Crippen LogP contribution in [0.5, 0.6) is 0 Å². The van der Waals surface area contributed by atoms with E-state index >= 15 is 0 Å². The molecule has 0 spiro atoms. The molecule has 2 aromatic carbocycles. The van der Waals surface area contributed by atoms with E-state index in [1.54, 1.807) is 6.33 Å². The van der Waals surface area contributed by atoms with Crippen molar-refractivity contribution in [3.8, 4) is 0 Å². The van der Waals surface area contributed by atoms with Crippen LogP contribution >= 0.6 is 11.6 Å². The van der Waals surface area contributed by atoms with Gasteiger partial charge in [-0.25, -0.2) is 4.98 Å². The van der Waals surface area contributed by atoms with Gasteiger partial charge in [-0.05, 0) is 81.8 Å². The maximum atomic E-state index is 12.6. The second kappa shape index (κ2) is 12.0. The molecular formula is C29H34ClN7O2. The highest BCUT2D eigenvalue weighted by molar-refractivity contribution is 6.30. The van der Waals surface area contributed by atoms with E-state index in [-0.39, 0.29) is 24.1 Å². The van der Waals surface area contributed by atoms with Crippen molar-refractivity contribution in [3.63, 3.8) is 0 Å². The van der Waals surface area contributed by atoms with Crippen LogP contribution in [0.3, 0.4) is 0 Å². The number of nitrogens with one attached hydrogen (secondary N) is 3. The summed E-state index contributed by atoms with van der Waals surface area (Å²) in [6.07, 6.45) is 5.84. The van der Waals surface area contributed by atoms with Gasteiger partial charge in [-0.2, -0.15) is 9.97 Å². The molecular weight excluding hydrogens is 514 g/mol. The zero-order valence-electron chi connectivity index (χ0n) is 22.2. The lowest BCUT2D eigenvalue weighted by molar-refractivity contribution is -0.116. The first-order valence-electron chi connectivity index (χ1n) is 13.4. The van der Waals surface area contributed by atoms with E-state index in [2.05, 4.69) is 34.8 Å². The number of nitrogens with zero attached hydrogens (tertiary/aromatic N) is 4. The maximum Gasteiger partial charge on any atom is 0.227 e. The number of carbonyl (C=O) groups excluding carboxylic acids is 1. The zero-order valence-corrected chi connectivity index (χ0v) is 22.9. The number of benzene rings is 2. The van der Waals surface area contributed by atoms with Crippen molar-refractivity contribution >= 4 is 51.8 Å². The Morgan fingerprint density at radius 1 is 1.08 bits per heavy atom. The molecule has 39 heavy (non-hydrogen) atoms. The second-order valence-electron chi connectivity index (χ2n) is 10.3. The Bertz CT molecular complexity index is 1430. The van der Waals surface area contributed by atoms with E-state index < -0.39 is 0 Å². The third-order valence-corrected chi connectivity index (χ3v) is 7.22. The molecule has 204 valence electrons. The summed E-state index contributed by atoms with van der Waals surface area (Å²) in [7, 11) is 0. The van der Waals surface area contributed by atoms with Crippen LogP contribution in [-0.2, 0) is 11.2 Å². The van der Waals surface area contributed by atoms with Crippen LogP contribution in [0.2, 0.25) is 5.02 Å². The van der Waals surface area contributed by atoms with Crippen molar-refractivity contribution in [1.29, 1.82) is 0 Å². The summed E-state index contributed by atoms with van der Waals surface area (Å²) in [5, 5.41) is 20.4. The summed E-state index contributed by atoms with van der Waals surface area (Å²) in [4.78, 5) is 26.8. The summed E-state index contributed by atoms with van der Waals surface area (Å²) in [5.41, 5.74) is 3.94. The summed E-state index contributed by atoms with van der Waals surface area (Å²) < 4.78 is 2.02. The Hall–Kier alpha value is -3.69. The van der Waals surface area contributed by atoms with Gasteiger partial charge in [0.15, 0.2) is 17.0 Å². The Kier molecular flexibility index (Phi) is 8.28. The molecule has 0 bridgehead atoms. The average molecular weight is 548 g/mol. The predicted octanol–water partition coefficient (Wildman–Crippen LogP) is 6.09. The molecule has 1 aliphatic rings. The third-order valence-electron chi connectivity index (χ3n) is 6.97. The zero-order chi connectivity index (χ0) is 27.4. The SMILES string of the molecule is CC(C)n1cnc2c(Nc3cccc(NC(=O)CCc4ccc(Cl)cc4)c3)nc(NC3CCC(O)CC3)nc21. The number of hydrogen-bond donors (Lipinski definition) is 4. The molecule has 9 nitrogen and oxygen atoms in total. The first-order valence-corrected chi connectivity index (χ1v) is 13.8. The van der Waals surface area contributed by atoms with Crippen LogP contribution in [0.1, 0.15) is 57.6 Å². The summed E-state index contributed by atoms with van der Waals surface area (Å²) in [6.45, 7) is 4.18. The van der Waals surface area contributed by atoms with Crippen molar-refractivity contribution in [2.45, 2.75) is 70.6 Å². The average Bonchev–Trinajstić information content (AvgIpc) is 3.35. The fourth-order valence-electron chi connectivity index (χ4n) is 4.79. The Labute approximate surface area is 233 Å². The van der Waals surface area contributed by atoms with Crippen LogP contribution in [-0.4, -0.2) is 42.7 Å². The number of amides is 1. The number of hydrogen-bond acceptors (Lipinski definition) is 7. The number of carbonyl (C=O) groups is 1. The molecule has 2 heterocycles. The molecule has 1 amide bonds. The third kappa shape index (κ3) is 6.85. The normalized spacial score (nSPS) is 17.4. The lowest BCUT2D eigenvalue weighted by Gasteiger charge is -2.26. The minimum absolute atomic E-state index is 0.0636. The first-order chi connectivity index (χ1) is 18.8. The van der Waals surface area contributed by atoms with Gasteiger partial charge in [-0.1, -0.05) is 29.8 Å². The fourth-order valence-corrected chi connectivity index (χ4v) is 4.92. The highest BCUT2D eigenvalue weighted by Crippen LogP contribution is 2.29. The molecule has 1 fully saturated rings. The van der Waals surface area contributed by atoms with Gasteiger partial charge in [-0.3, -0.25) is 4.79 Å². The van der Waals surface area contributed by atoms with E-state index in [0.29, 0.717) is 40.8 Å². The van der Waals surface area contributed by atoms with Crippen molar-refractivity contribution < 1.29 is 9.90 Å². The molecule has 2 aromatic heterocycles. The highest BCUT2D eigenvalue weighted by Gasteiger charge is 2.22. The molecule has 0 saturated heterocycles. The summed E-state index contributed by atoms with van der Waals surface area (Å²) in [5.74, 6) is 1.05. The molecule has 1 aliphatic carbocycles. The van der Waals surface area contributed by atoms with Crippen molar-refractivity contribution in [2.24, 2.45) is 0 Å². The van der Waals surface area contributed by atoms with E-state index in [9.17, 15) is 9.90 Å². The van der Waals surface area contributed by atoms with Crippen molar-refractivity contribution in [1.82, 2.24) is 19.5 Å². The van der Waals surface area contributed by atoms with Gasteiger partial charge in [-0.15, -0.1) is 0 Å². The van der Waals surface area contributed by atoms with Crippen LogP contribution in [0.25, 0.3) is 11.2 Å². The number of aliphatic hydroxyl groups excluding tert-OH is 1. The minimum Gasteiger partial charge on any atom is -0.393 e. The van der Waals surface area contributed by atoms with Crippen LogP contribution in [0.15, 0.2) is 54.9 Å². The number of aryl methyl sites for hydroxylation is 1. The predicted molar refractivity (Wildman–Crippen MR) is 156 cm³/mol. The summed E-state index contributed by atoms with van der Waals surface area (Å²) in [6, 6.07) is 15.5. The number of aromatic nitrogens is 4. The highest BCUT2D eigenvalue weighted by atomic mass is 35.5. The monoisotopic (exact) mass is 547 g/mol. The molecule has 0 unspecified atom stereocenters. The fraction of sp³-hybridized carbons (Fsp3) is 0.379. The smallest absolute Gasteiger partial charge is 0.227 e. The van der Waals surface area contributed by atoms with Gasteiger partial charge in [0.1, 0.15) is 0 Å². The largest absolute Gasteiger partial charge is 0.393 e. The Balaban J connectivity index is 1.32. The number of anilines is 4. The van der Waals surface area contributed by atoms with Crippen molar-refractivity contribution in [3.05, 3.63) is 65.4 Å². The van der Waals surface area contributed by atoms with E-state index in [1.807, 2.05) is 53.1 Å². The number of halogens is 1. The van der Waals surface area contributed by atoms with E-state index in [0.717, 1.165) is 42.6 Å². The van der Waals surface area contributed by atoms with Gasteiger partial charge in [0.2, 0.25) is 11.9 Å². The molecule has 4 aromatic rings. The van der Waals surface area contributed by atoms with E-state index in [4.69, 9.17) is 21.6 Å². The quantitative estimate of drug-likeness (QED) is 0.200. The number of rotatable bonds is 9. The van der Waals surface area contributed by atoms with Crippen LogP contribution in [0.4, 0.5) is 23.1 Å². The standard InChI is InChI=1S/C29H34ClN7O2/c1-18(2)37-17-31-26-27(35-29(36-28(26)37)34-21-11-13-24(38)14-12-21)33-23-5-3-4-22(16-23)32-25(39)15-8-19-6-9-20(30)10-7-19/h3-7,9-10,16-18,21,24,38H,8,11-15H2,1-2H3,(H,32,39)(H2,33,34,35,36). The van der Waals surface area contributed by atoms with Crippen molar-refractivity contribution in [2.75, 3.05) is 16.0 Å². The number of fused-ring (bicyclic) bond motifs is 1. The number of imidazole rings is 1. The molecule has 10 heteroatoms. The van der Waals surface area contributed by atoms with Gasteiger partial charge in [0.05, 0.1) is 12.4 Å². The molecule has 4 N–H and O–H groups in total. The van der Waals surface area contributed by atoms with Gasteiger partial charge >= 0.3 is 0 Å². The van der Waals surface area contributed by atoms with Crippen LogP contribution in [0, 0.1) is 0 Å². The number of aliphatic hydroxyl groups is 1. The minimum atomic E-state index is -0.226. The molecule has 0 aliphatic heterocycles. The van der Waals surface area contributed by atoms with E-state index in [1.165, 1.54) is 0 Å². The molecule has 0 atom stereocenters. The first kappa shape index (κ1) is 26.9.